The van der Waals surface area contributed by atoms with Gasteiger partial charge in [0.1, 0.15) is 0 Å². The molecule has 2 aliphatic rings. The Morgan fingerprint density at radius 3 is 2.65 bits per heavy atom. The molecule has 3 rings (SSSR count). The molecular weight excluding hydrogens is 248 g/mol. The lowest BCUT2D eigenvalue weighted by Crippen LogP contribution is -2.35. The number of rotatable bonds is 8. The molecule has 1 aromatic rings. The van der Waals surface area contributed by atoms with Crippen LogP contribution < -0.4 is 5.32 Å². The summed E-state index contributed by atoms with van der Waals surface area (Å²) in [6.07, 6.45) is 9.33. The predicted octanol–water partition coefficient (Wildman–Crippen LogP) is 3.77. The zero-order chi connectivity index (χ0) is 13.8. The fourth-order valence-electron chi connectivity index (χ4n) is 3.37. The topological polar surface area (TPSA) is 27.6 Å². The van der Waals surface area contributed by atoms with Crippen molar-refractivity contribution in [3.63, 3.8) is 0 Å². The molecule has 0 spiro atoms. The van der Waals surface area contributed by atoms with Crippen LogP contribution in [0.5, 0.6) is 0 Å². The smallest absolute Gasteiger partial charge is 0.206 e. The highest BCUT2D eigenvalue weighted by Crippen LogP contribution is 2.51. The predicted molar refractivity (Wildman–Crippen MR) is 80.8 cm³/mol. The first-order chi connectivity index (χ1) is 9.88. The largest absolute Gasteiger partial charge is 0.295 e. The highest BCUT2D eigenvalue weighted by Gasteiger charge is 2.65. The molecule has 110 valence electrons. The molecule has 0 aliphatic carbocycles. The third-order valence-corrected chi connectivity index (χ3v) is 4.57. The number of hydrogen-bond acceptors (Lipinski definition) is 3. The summed E-state index contributed by atoms with van der Waals surface area (Å²) in [5.74, 6) is 0. The molecule has 0 amide bonds. The van der Waals surface area contributed by atoms with E-state index in [9.17, 15) is 0 Å². The normalized spacial score (nSPS) is 31.2. The molecule has 1 aromatic carbocycles. The van der Waals surface area contributed by atoms with Crippen LogP contribution in [0, 0.1) is 0 Å². The van der Waals surface area contributed by atoms with Gasteiger partial charge in [-0.25, -0.2) is 0 Å². The summed E-state index contributed by atoms with van der Waals surface area (Å²) in [5.41, 5.74) is 1.13. The highest BCUT2D eigenvalue weighted by atomic mass is 16.9. The molecule has 2 aliphatic heterocycles. The summed E-state index contributed by atoms with van der Waals surface area (Å²) < 4.78 is 0. The van der Waals surface area contributed by atoms with E-state index in [1.54, 1.807) is 0 Å². The first-order valence-electron chi connectivity index (χ1n) is 8.13. The minimum absolute atomic E-state index is 0.162. The maximum Gasteiger partial charge on any atom is 0.206 e. The van der Waals surface area contributed by atoms with Gasteiger partial charge in [-0.3, -0.25) is 10.2 Å². The molecule has 1 N–H and O–H groups in total. The number of nitrogens with zero attached hydrogens (tertiary/aromatic N) is 1. The van der Waals surface area contributed by atoms with Crippen molar-refractivity contribution >= 4 is 0 Å². The van der Waals surface area contributed by atoms with Crippen LogP contribution in [0.3, 0.4) is 0 Å². The Bertz CT molecular complexity index is 422. The Morgan fingerprint density at radius 2 is 1.90 bits per heavy atom. The van der Waals surface area contributed by atoms with Crippen molar-refractivity contribution in [2.45, 2.75) is 63.6 Å². The molecule has 3 nitrogen and oxygen atoms in total. The van der Waals surface area contributed by atoms with Gasteiger partial charge in [0.25, 0.3) is 0 Å². The molecule has 0 saturated carbocycles. The Hall–Kier alpha value is -0.900. The Kier molecular flexibility index (Phi) is 4.39. The number of hydrogen-bond donors (Lipinski definition) is 1. The van der Waals surface area contributed by atoms with Crippen LogP contribution >= 0.6 is 0 Å². The van der Waals surface area contributed by atoms with E-state index in [1.807, 2.05) is 0 Å². The molecule has 0 aromatic heterocycles. The van der Waals surface area contributed by atoms with E-state index >= 15 is 0 Å². The monoisotopic (exact) mass is 274 g/mol. The van der Waals surface area contributed by atoms with Gasteiger partial charge in [0.15, 0.2) is 0 Å². The van der Waals surface area contributed by atoms with E-state index in [2.05, 4.69) is 47.6 Å². The minimum atomic E-state index is -0.162. The quantitative estimate of drug-likeness (QED) is 0.577. The van der Waals surface area contributed by atoms with Crippen molar-refractivity contribution in [1.82, 2.24) is 10.4 Å². The molecule has 20 heavy (non-hydrogen) atoms. The SMILES string of the molecule is CCCCCCCCC1NCN2OC12c1ccccc1. The molecule has 3 unspecified atom stereocenters. The molecule has 0 radical (unpaired) electrons. The van der Waals surface area contributed by atoms with Crippen molar-refractivity contribution in [2.75, 3.05) is 6.67 Å². The first kappa shape index (κ1) is 14.1. The maximum atomic E-state index is 5.91. The maximum absolute atomic E-state index is 5.91. The van der Waals surface area contributed by atoms with Crippen molar-refractivity contribution < 1.29 is 4.84 Å². The fraction of sp³-hybridized carbons (Fsp3) is 0.647. The standard InChI is InChI=1S/C17H26N2O/c1-2-3-4-5-6-10-13-16-17(19(20-17)14-18-16)15-11-8-7-9-12-15/h7-9,11-12,16,18H,2-6,10,13-14H2,1H3. The summed E-state index contributed by atoms with van der Waals surface area (Å²) >= 11 is 0. The van der Waals surface area contributed by atoms with Crippen molar-refractivity contribution in [1.29, 1.82) is 0 Å². The van der Waals surface area contributed by atoms with Crippen LogP contribution in [0.15, 0.2) is 30.3 Å². The Labute approximate surface area is 122 Å². The lowest BCUT2D eigenvalue weighted by atomic mass is 9.94. The van der Waals surface area contributed by atoms with Gasteiger partial charge in [0.2, 0.25) is 5.72 Å². The van der Waals surface area contributed by atoms with E-state index < -0.39 is 0 Å². The van der Waals surface area contributed by atoms with E-state index in [0.717, 1.165) is 6.67 Å². The van der Waals surface area contributed by atoms with E-state index in [-0.39, 0.29) is 5.72 Å². The second kappa shape index (κ2) is 6.25. The number of benzene rings is 1. The summed E-state index contributed by atoms with van der Waals surface area (Å²) in [6.45, 7) is 3.13. The van der Waals surface area contributed by atoms with Crippen LogP contribution in [0.4, 0.5) is 0 Å². The lowest BCUT2D eigenvalue weighted by Gasteiger charge is -2.19. The van der Waals surface area contributed by atoms with Crippen molar-refractivity contribution in [2.24, 2.45) is 0 Å². The Morgan fingerprint density at radius 1 is 1.15 bits per heavy atom. The van der Waals surface area contributed by atoms with E-state index in [4.69, 9.17) is 4.84 Å². The third-order valence-electron chi connectivity index (χ3n) is 4.57. The molecular formula is C17H26N2O. The average Bonchev–Trinajstić information content (AvgIpc) is 3.13. The summed E-state index contributed by atoms with van der Waals surface area (Å²) in [4.78, 5) is 5.91. The molecule has 0 bridgehead atoms. The summed E-state index contributed by atoms with van der Waals surface area (Å²) in [5, 5.41) is 5.69. The Balaban J connectivity index is 1.50. The fourth-order valence-corrected chi connectivity index (χ4v) is 3.37. The minimum Gasteiger partial charge on any atom is -0.295 e. The van der Waals surface area contributed by atoms with Gasteiger partial charge in [0.05, 0.1) is 12.7 Å². The van der Waals surface area contributed by atoms with Gasteiger partial charge in [-0.15, -0.1) is 5.06 Å². The number of hydroxylamine groups is 2. The van der Waals surface area contributed by atoms with E-state index in [1.165, 1.54) is 50.5 Å². The average molecular weight is 274 g/mol. The zero-order valence-corrected chi connectivity index (χ0v) is 12.5. The van der Waals surface area contributed by atoms with Gasteiger partial charge in [-0.1, -0.05) is 75.8 Å². The van der Waals surface area contributed by atoms with Gasteiger partial charge >= 0.3 is 0 Å². The lowest BCUT2D eigenvalue weighted by molar-refractivity contribution is 0.139. The molecule has 3 heteroatoms. The van der Waals surface area contributed by atoms with Crippen LogP contribution in [-0.2, 0) is 10.6 Å². The number of unbranched alkanes of at least 4 members (excludes halogenated alkanes) is 5. The molecule has 2 heterocycles. The van der Waals surface area contributed by atoms with Crippen molar-refractivity contribution in [3.05, 3.63) is 35.9 Å². The second-order valence-corrected chi connectivity index (χ2v) is 6.00. The van der Waals surface area contributed by atoms with Gasteiger partial charge in [0, 0.05) is 5.56 Å². The third kappa shape index (κ3) is 2.62. The summed E-state index contributed by atoms with van der Waals surface area (Å²) in [6, 6.07) is 11.1. The number of fused-ring (bicyclic) bond motifs is 1. The molecule has 2 fully saturated rings. The van der Waals surface area contributed by atoms with Crippen LogP contribution in [0.25, 0.3) is 0 Å². The van der Waals surface area contributed by atoms with Crippen LogP contribution in [-0.4, -0.2) is 17.8 Å². The first-order valence-corrected chi connectivity index (χ1v) is 8.13. The second-order valence-electron chi connectivity index (χ2n) is 6.00. The van der Waals surface area contributed by atoms with Gasteiger partial charge in [-0.05, 0) is 6.42 Å². The summed E-state index contributed by atoms with van der Waals surface area (Å²) in [7, 11) is 0. The van der Waals surface area contributed by atoms with Gasteiger partial charge in [-0.2, -0.15) is 0 Å². The highest BCUT2D eigenvalue weighted by molar-refractivity contribution is 5.28. The molecule has 2 saturated heterocycles. The zero-order valence-electron chi connectivity index (χ0n) is 12.5. The molecule has 3 atom stereocenters. The van der Waals surface area contributed by atoms with Crippen LogP contribution in [0.1, 0.15) is 57.4 Å². The van der Waals surface area contributed by atoms with Crippen molar-refractivity contribution in [3.8, 4) is 0 Å². The van der Waals surface area contributed by atoms with Crippen LogP contribution in [0.2, 0.25) is 0 Å². The van der Waals surface area contributed by atoms with E-state index in [0.29, 0.717) is 6.04 Å². The van der Waals surface area contributed by atoms with Gasteiger partial charge < -0.3 is 0 Å². The number of nitrogens with one attached hydrogen (secondary N) is 1.